The van der Waals surface area contributed by atoms with Crippen molar-refractivity contribution in [3.63, 3.8) is 0 Å². The summed E-state index contributed by atoms with van der Waals surface area (Å²) < 4.78 is 40.0. The fourth-order valence-corrected chi connectivity index (χ4v) is 2.26. The number of aliphatic hydroxyl groups excluding tert-OH is 1. The van der Waals surface area contributed by atoms with Crippen LogP contribution in [0.5, 0.6) is 0 Å². The van der Waals surface area contributed by atoms with Crippen LogP contribution in [0.4, 0.5) is 13.2 Å². The number of rotatable bonds is 4. The molecule has 0 aliphatic heterocycles. The minimum Gasteiger partial charge on any atom is -0.396 e. The summed E-state index contributed by atoms with van der Waals surface area (Å²) in [6.07, 6.45) is -3.98. The number of nitrogens with one attached hydrogen (secondary N) is 1. The van der Waals surface area contributed by atoms with Crippen LogP contribution in [-0.4, -0.2) is 21.5 Å². The summed E-state index contributed by atoms with van der Waals surface area (Å²) >= 11 is 0. The van der Waals surface area contributed by atoms with Gasteiger partial charge < -0.3 is 5.11 Å². The average Bonchev–Trinajstić information content (AvgIpc) is 2.75. The van der Waals surface area contributed by atoms with Crippen molar-refractivity contribution in [2.45, 2.75) is 25.9 Å². The van der Waals surface area contributed by atoms with Crippen LogP contribution in [0.3, 0.4) is 0 Å². The summed E-state index contributed by atoms with van der Waals surface area (Å²) in [6, 6.07) is 4.88. The monoisotopic (exact) mass is 300 g/mol. The molecule has 0 bridgehead atoms. The number of aryl methyl sites for hydroxylation is 1. The van der Waals surface area contributed by atoms with Gasteiger partial charge in [0.15, 0.2) is 0 Å². The van der Waals surface area contributed by atoms with E-state index in [0.29, 0.717) is 17.7 Å². The molecule has 1 heterocycles. The molecule has 0 aliphatic carbocycles. The zero-order chi connectivity index (χ0) is 15.6. The molecule has 0 amide bonds. The van der Waals surface area contributed by atoms with Crippen LogP contribution in [0.15, 0.2) is 29.1 Å². The molecule has 114 valence electrons. The van der Waals surface area contributed by atoms with Gasteiger partial charge in [0.05, 0.1) is 11.3 Å². The normalized spacial score (nSPS) is 11.9. The van der Waals surface area contributed by atoms with Crippen molar-refractivity contribution in [1.82, 2.24) is 9.78 Å². The Kier molecular flexibility index (Phi) is 4.22. The first kappa shape index (κ1) is 15.4. The Morgan fingerprint density at radius 1 is 1.29 bits per heavy atom. The van der Waals surface area contributed by atoms with Gasteiger partial charge in [0.2, 0.25) is 0 Å². The van der Waals surface area contributed by atoms with Gasteiger partial charge in [0, 0.05) is 24.3 Å². The molecule has 4 nitrogen and oxygen atoms in total. The van der Waals surface area contributed by atoms with Crippen LogP contribution in [0.25, 0.3) is 5.69 Å². The Bertz CT molecular complexity index is 686. The van der Waals surface area contributed by atoms with Crippen LogP contribution in [-0.2, 0) is 19.0 Å². The summed E-state index contributed by atoms with van der Waals surface area (Å²) in [5.74, 6) is 0. The Balaban J connectivity index is 2.66. The number of halogens is 3. The second kappa shape index (κ2) is 5.77. The number of nitrogens with zero attached hydrogens (tertiary/aromatic N) is 1. The average molecular weight is 300 g/mol. The van der Waals surface area contributed by atoms with Gasteiger partial charge >= 0.3 is 6.18 Å². The molecule has 21 heavy (non-hydrogen) atoms. The minimum absolute atomic E-state index is 0.111. The molecule has 0 atom stereocenters. The van der Waals surface area contributed by atoms with Gasteiger partial charge in [0.25, 0.3) is 5.56 Å². The van der Waals surface area contributed by atoms with Crippen LogP contribution in [0.1, 0.15) is 23.7 Å². The molecule has 0 aliphatic rings. The summed E-state index contributed by atoms with van der Waals surface area (Å²) in [6.45, 7) is 1.55. The maximum atomic E-state index is 13.0. The van der Waals surface area contributed by atoms with Gasteiger partial charge in [-0.15, -0.1) is 0 Å². The number of H-pyrrole nitrogens is 1. The Morgan fingerprint density at radius 2 is 1.95 bits per heavy atom. The van der Waals surface area contributed by atoms with Crippen molar-refractivity contribution < 1.29 is 18.3 Å². The summed E-state index contributed by atoms with van der Waals surface area (Å²) in [7, 11) is 0. The fraction of sp³-hybridized carbons (Fsp3) is 0.357. The zero-order valence-corrected chi connectivity index (χ0v) is 11.4. The first-order chi connectivity index (χ1) is 9.90. The number of para-hydroxylation sites is 1. The van der Waals surface area contributed by atoms with Crippen LogP contribution >= 0.6 is 0 Å². The maximum Gasteiger partial charge on any atom is 0.418 e. The number of aromatic amines is 1. The molecule has 0 saturated carbocycles. The number of alkyl halides is 3. The van der Waals surface area contributed by atoms with Gasteiger partial charge in [-0.1, -0.05) is 19.1 Å². The third-order valence-corrected chi connectivity index (χ3v) is 3.24. The molecule has 0 spiro atoms. The SMILES string of the molecule is CCc1[nH]n(-c2ccccc2C(F)(F)F)c(=O)c1CCO. The lowest BCUT2D eigenvalue weighted by Crippen LogP contribution is -2.21. The number of benzene rings is 1. The predicted molar refractivity (Wildman–Crippen MR) is 71.6 cm³/mol. The first-order valence-corrected chi connectivity index (χ1v) is 6.50. The smallest absolute Gasteiger partial charge is 0.396 e. The van der Waals surface area contributed by atoms with Crippen LogP contribution < -0.4 is 5.56 Å². The van der Waals surface area contributed by atoms with Crippen molar-refractivity contribution in [3.8, 4) is 5.69 Å². The van der Waals surface area contributed by atoms with E-state index in [0.717, 1.165) is 10.7 Å². The molecule has 7 heteroatoms. The Morgan fingerprint density at radius 3 is 2.52 bits per heavy atom. The highest BCUT2D eigenvalue weighted by molar-refractivity contribution is 5.43. The van der Waals surface area contributed by atoms with E-state index in [9.17, 15) is 18.0 Å². The lowest BCUT2D eigenvalue weighted by molar-refractivity contribution is -0.137. The molecular weight excluding hydrogens is 285 g/mol. The predicted octanol–water partition coefficient (Wildman–Crippen LogP) is 2.28. The van der Waals surface area contributed by atoms with Crippen LogP contribution in [0, 0.1) is 0 Å². The lowest BCUT2D eigenvalue weighted by Gasteiger charge is -2.12. The molecule has 0 fully saturated rings. The number of hydrogen-bond acceptors (Lipinski definition) is 2. The lowest BCUT2D eigenvalue weighted by atomic mass is 10.1. The Hall–Kier alpha value is -2.02. The van der Waals surface area contributed by atoms with Crippen molar-refractivity contribution in [3.05, 3.63) is 51.4 Å². The summed E-state index contributed by atoms with van der Waals surface area (Å²) in [4.78, 5) is 12.3. The standard InChI is InChI=1S/C14H15F3N2O2/c1-2-11-9(7-8-20)13(21)19(18-11)12-6-4-3-5-10(12)14(15,16)17/h3-6,18,20H,2,7-8H2,1H3. The molecule has 1 aromatic carbocycles. The molecule has 0 saturated heterocycles. The van der Waals surface area contributed by atoms with Gasteiger partial charge in [-0.3, -0.25) is 9.89 Å². The zero-order valence-electron chi connectivity index (χ0n) is 11.4. The fourth-order valence-electron chi connectivity index (χ4n) is 2.26. The molecule has 0 radical (unpaired) electrons. The van der Waals surface area contributed by atoms with E-state index < -0.39 is 17.3 Å². The van der Waals surface area contributed by atoms with E-state index in [1.165, 1.54) is 18.2 Å². The second-order valence-corrected chi connectivity index (χ2v) is 4.55. The van der Waals surface area contributed by atoms with E-state index in [1.807, 2.05) is 0 Å². The topological polar surface area (TPSA) is 58.0 Å². The molecule has 0 unspecified atom stereocenters. The largest absolute Gasteiger partial charge is 0.418 e. The first-order valence-electron chi connectivity index (χ1n) is 6.50. The maximum absolute atomic E-state index is 13.0. The van der Waals surface area contributed by atoms with E-state index in [-0.39, 0.29) is 18.7 Å². The van der Waals surface area contributed by atoms with Gasteiger partial charge in [-0.05, 0) is 18.6 Å². The highest BCUT2D eigenvalue weighted by Gasteiger charge is 2.34. The van der Waals surface area contributed by atoms with Gasteiger partial charge in [0.1, 0.15) is 0 Å². The molecule has 2 aromatic rings. The highest BCUT2D eigenvalue weighted by Crippen LogP contribution is 2.33. The summed E-state index contributed by atoms with van der Waals surface area (Å²) in [5.41, 5.74) is -0.832. The molecule has 1 aromatic heterocycles. The second-order valence-electron chi connectivity index (χ2n) is 4.55. The van der Waals surface area contributed by atoms with Crippen LogP contribution in [0.2, 0.25) is 0 Å². The number of hydrogen-bond donors (Lipinski definition) is 2. The van der Waals surface area contributed by atoms with E-state index in [1.54, 1.807) is 6.92 Å². The van der Waals surface area contributed by atoms with Crippen molar-refractivity contribution in [2.24, 2.45) is 0 Å². The number of aromatic nitrogens is 2. The summed E-state index contributed by atoms with van der Waals surface area (Å²) in [5, 5.41) is 11.7. The highest BCUT2D eigenvalue weighted by atomic mass is 19.4. The van der Waals surface area contributed by atoms with Crippen molar-refractivity contribution in [2.75, 3.05) is 6.61 Å². The molecule has 2 rings (SSSR count). The third-order valence-electron chi connectivity index (χ3n) is 3.24. The van der Waals surface area contributed by atoms with Gasteiger partial charge in [-0.2, -0.15) is 13.2 Å². The Labute approximate surface area is 118 Å². The number of aliphatic hydroxyl groups is 1. The van der Waals surface area contributed by atoms with Crippen molar-refractivity contribution >= 4 is 0 Å². The van der Waals surface area contributed by atoms with Crippen molar-refractivity contribution in [1.29, 1.82) is 0 Å². The van der Waals surface area contributed by atoms with E-state index in [4.69, 9.17) is 5.11 Å². The molecule has 2 N–H and O–H groups in total. The third kappa shape index (κ3) is 2.87. The quantitative estimate of drug-likeness (QED) is 0.910. The molecular formula is C14H15F3N2O2. The van der Waals surface area contributed by atoms with E-state index in [2.05, 4.69) is 5.10 Å². The van der Waals surface area contributed by atoms with Gasteiger partial charge in [-0.25, -0.2) is 4.68 Å². The van der Waals surface area contributed by atoms with E-state index >= 15 is 0 Å². The minimum atomic E-state index is -4.55.